The maximum absolute atomic E-state index is 11.8. The highest BCUT2D eigenvalue weighted by Crippen LogP contribution is 2.27. The molecule has 1 aliphatic heterocycles. The van der Waals surface area contributed by atoms with Crippen LogP contribution in [0.25, 0.3) is 6.08 Å². The number of hydrogen-bond donors (Lipinski definition) is 1. The Morgan fingerprint density at radius 1 is 1.45 bits per heavy atom. The number of nitrogens with zero attached hydrogens (tertiary/aromatic N) is 1. The van der Waals surface area contributed by atoms with Crippen molar-refractivity contribution in [2.24, 2.45) is 5.92 Å². The van der Waals surface area contributed by atoms with Crippen LogP contribution in [0.4, 0.5) is 0 Å². The summed E-state index contributed by atoms with van der Waals surface area (Å²) in [6.07, 6.45) is 6.44. The Balaban J connectivity index is 1.44. The lowest BCUT2D eigenvalue weighted by Crippen LogP contribution is -2.33. The first-order valence-electron chi connectivity index (χ1n) is 7.94. The molecule has 1 aromatic heterocycles. The van der Waals surface area contributed by atoms with Crippen molar-refractivity contribution in [1.29, 1.82) is 0 Å². The van der Waals surface area contributed by atoms with E-state index in [1.54, 1.807) is 6.26 Å². The van der Waals surface area contributed by atoms with Crippen LogP contribution in [0.15, 0.2) is 28.4 Å². The summed E-state index contributed by atoms with van der Waals surface area (Å²) in [5.41, 5.74) is 1.26. The molecule has 1 saturated heterocycles. The summed E-state index contributed by atoms with van der Waals surface area (Å²) in [6.45, 7) is 5.57. The number of rotatable bonds is 7. The molecule has 6 heteroatoms. The predicted molar refractivity (Wildman–Crippen MR) is 86.9 cm³/mol. The van der Waals surface area contributed by atoms with Crippen LogP contribution in [0.5, 0.6) is 0 Å². The van der Waals surface area contributed by atoms with Crippen LogP contribution >= 0.6 is 0 Å². The van der Waals surface area contributed by atoms with Crippen molar-refractivity contribution in [2.75, 3.05) is 26.2 Å². The Morgan fingerprint density at radius 3 is 2.95 bits per heavy atom. The summed E-state index contributed by atoms with van der Waals surface area (Å²) in [4.78, 5) is 2.38. The predicted octanol–water partition coefficient (Wildman–Crippen LogP) is 2.09. The highest BCUT2D eigenvalue weighted by Gasteiger charge is 2.36. The molecule has 1 aromatic rings. The molecule has 1 saturated carbocycles. The zero-order chi connectivity index (χ0) is 15.6. The Kier molecular flexibility index (Phi) is 4.70. The molecule has 2 aliphatic rings. The van der Waals surface area contributed by atoms with Crippen molar-refractivity contribution in [1.82, 2.24) is 9.62 Å². The van der Waals surface area contributed by atoms with E-state index in [1.165, 1.54) is 5.57 Å². The van der Waals surface area contributed by atoms with Crippen molar-refractivity contribution in [3.05, 3.63) is 29.7 Å². The second-order valence-electron chi connectivity index (χ2n) is 6.49. The van der Waals surface area contributed by atoms with Crippen LogP contribution < -0.4 is 4.72 Å². The van der Waals surface area contributed by atoms with Gasteiger partial charge >= 0.3 is 0 Å². The molecule has 2 fully saturated rings. The summed E-state index contributed by atoms with van der Waals surface area (Å²) < 4.78 is 31.8. The maximum atomic E-state index is 11.8. The highest BCUT2D eigenvalue weighted by molar-refractivity contribution is 7.90. The molecule has 0 radical (unpaired) electrons. The molecule has 1 aliphatic carbocycles. The number of likely N-dealkylation sites (tertiary alicyclic amines) is 1. The highest BCUT2D eigenvalue weighted by atomic mass is 32.2. The zero-order valence-electron chi connectivity index (χ0n) is 13.0. The summed E-state index contributed by atoms with van der Waals surface area (Å²) in [7, 11) is -3.04. The van der Waals surface area contributed by atoms with Crippen LogP contribution in [0.2, 0.25) is 0 Å². The smallest absolute Gasteiger partial charge is 0.214 e. The minimum atomic E-state index is -3.04. The van der Waals surface area contributed by atoms with Crippen LogP contribution in [0.1, 0.15) is 31.9 Å². The van der Waals surface area contributed by atoms with E-state index in [0.717, 1.165) is 44.7 Å². The van der Waals surface area contributed by atoms with Gasteiger partial charge in [0.05, 0.1) is 11.5 Å². The largest absolute Gasteiger partial charge is 0.465 e. The zero-order valence-corrected chi connectivity index (χ0v) is 13.8. The fourth-order valence-electron chi connectivity index (χ4n) is 2.97. The fourth-order valence-corrected chi connectivity index (χ4v) is 4.43. The van der Waals surface area contributed by atoms with Gasteiger partial charge in [0, 0.05) is 19.6 Å². The topological polar surface area (TPSA) is 62.6 Å². The number of hydrogen-bond acceptors (Lipinski definition) is 4. The standard InChI is InChI=1S/C16H24N2O3S/c1-13(9-15-3-2-8-21-15)11-18-7-6-14(12-18)10-17-22(19,20)16-4-5-16/h2-3,8-9,14,16-17H,4-7,10-12H2,1H3. The molecule has 22 heavy (non-hydrogen) atoms. The third-order valence-corrected chi connectivity index (χ3v) is 6.23. The molecule has 2 heterocycles. The lowest BCUT2D eigenvalue weighted by atomic mass is 10.1. The van der Waals surface area contributed by atoms with Crippen LogP contribution in [0.3, 0.4) is 0 Å². The molecule has 1 atom stereocenters. The molecular formula is C16H24N2O3S. The van der Waals surface area contributed by atoms with Crippen molar-refractivity contribution >= 4 is 16.1 Å². The summed E-state index contributed by atoms with van der Waals surface area (Å²) >= 11 is 0. The molecule has 5 nitrogen and oxygen atoms in total. The number of nitrogens with one attached hydrogen (secondary N) is 1. The van der Waals surface area contributed by atoms with E-state index >= 15 is 0 Å². The van der Waals surface area contributed by atoms with E-state index in [4.69, 9.17) is 4.42 Å². The van der Waals surface area contributed by atoms with Gasteiger partial charge in [-0.3, -0.25) is 4.90 Å². The van der Waals surface area contributed by atoms with Crippen LogP contribution in [-0.4, -0.2) is 44.7 Å². The summed E-state index contributed by atoms with van der Waals surface area (Å²) in [5, 5.41) is -0.122. The van der Waals surface area contributed by atoms with Crippen LogP contribution in [0, 0.1) is 5.92 Å². The molecule has 1 N–H and O–H groups in total. The average molecular weight is 324 g/mol. The van der Waals surface area contributed by atoms with Gasteiger partial charge in [0.1, 0.15) is 5.76 Å². The van der Waals surface area contributed by atoms with Gasteiger partial charge in [-0.1, -0.05) is 5.57 Å². The molecule has 0 amide bonds. The van der Waals surface area contributed by atoms with Crippen LogP contribution in [-0.2, 0) is 10.0 Å². The quantitative estimate of drug-likeness (QED) is 0.834. The molecule has 3 rings (SSSR count). The van der Waals surface area contributed by atoms with Crippen molar-refractivity contribution < 1.29 is 12.8 Å². The SMILES string of the molecule is CC(=Cc1ccco1)CN1CCC(CNS(=O)(=O)C2CC2)C1. The van der Waals surface area contributed by atoms with E-state index in [-0.39, 0.29) is 5.25 Å². The van der Waals surface area contributed by atoms with Crippen molar-refractivity contribution in [2.45, 2.75) is 31.4 Å². The lowest BCUT2D eigenvalue weighted by molar-refractivity contribution is 0.351. The fraction of sp³-hybridized carbons (Fsp3) is 0.625. The summed E-state index contributed by atoms with van der Waals surface area (Å²) in [5.74, 6) is 1.30. The Bertz CT molecular complexity index is 618. The minimum absolute atomic E-state index is 0.122. The Morgan fingerprint density at radius 2 is 2.27 bits per heavy atom. The number of furan rings is 1. The second kappa shape index (κ2) is 6.56. The van der Waals surface area contributed by atoms with E-state index in [0.29, 0.717) is 12.5 Å². The molecule has 0 spiro atoms. The van der Waals surface area contributed by atoms with Gasteiger partial charge in [0.15, 0.2) is 0 Å². The molecule has 0 bridgehead atoms. The van der Waals surface area contributed by atoms with Gasteiger partial charge < -0.3 is 4.42 Å². The summed E-state index contributed by atoms with van der Waals surface area (Å²) in [6, 6.07) is 3.83. The van der Waals surface area contributed by atoms with Gasteiger partial charge in [0.2, 0.25) is 10.0 Å². The van der Waals surface area contributed by atoms with Crippen molar-refractivity contribution in [3.8, 4) is 0 Å². The van der Waals surface area contributed by atoms with Gasteiger partial charge in [-0.05, 0) is 56.9 Å². The first-order chi connectivity index (χ1) is 10.5. The van der Waals surface area contributed by atoms with Gasteiger partial charge in [-0.2, -0.15) is 0 Å². The normalized spacial score (nSPS) is 24.0. The lowest BCUT2D eigenvalue weighted by Gasteiger charge is -2.16. The molecule has 0 aromatic carbocycles. The van der Waals surface area contributed by atoms with Gasteiger partial charge in [-0.25, -0.2) is 13.1 Å². The first kappa shape index (κ1) is 15.8. The van der Waals surface area contributed by atoms with E-state index in [2.05, 4.69) is 22.6 Å². The van der Waals surface area contributed by atoms with Crippen molar-refractivity contribution in [3.63, 3.8) is 0 Å². The maximum Gasteiger partial charge on any atom is 0.214 e. The molecule has 1 unspecified atom stereocenters. The average Bonchev–Trinajstić information content (AvgIpc) is 3.06. The third-order valence-electron chi connectivity index (χ3n) is 4.31. The van der Waals surface area contributed by atoms with E-state index in [9.17, 15) is 8.42 Å². The van der Waals surface area contributed by atoms with E-state index in [1.807, 2.05) is 12.1 Å². The first-order valence-corrected chi connectivity index (χ1v) is 9.49. The Hall–Kier alpha value is -1.11. The monoisotopic (exact) mass is 324 g/mol. The van der Waals surface area contributed by atoms with E-state index < -0.39 is 10.0 Å². The second-order valence-corrected chi connectivity index (χ2v) is 8.53. The van der Waals surface area contributed by atoms with Gasteiger partial charge in [0.25, 0.3) is 0 Å². The minimum Gasteiger partial charge on any atom is -0.465 e. The Labute approximate surface area is 132 Å². The molecular weight excluding hydrogens is 300 g/mol. The number of sulfonamides is 1. The third kappa shape index (κ3) is 4.21. The van der Waals surface area contributed by atoms with Gasteiger partial charge in [-0.15, -0.1) is 0 Å². The molecule has 122 valence electrons.